The van der Waals surface area contributed by atoms with Crippen molar-refractivity contribution in [3.05, 3.63) is 12.2 Å². The number of hydrogen-bond acceptors (Lipinski definition) is 2. The van der Waals surface area contributed by atoms with Gasteiger partial charge in [0.1, 0.15) is 0 Å². The maximum atomic E-state index is 10.4. The van der Waals surface area contributed by atoms with Crippen molar-refractivity contribution in [1.29, 1.82) is 0 Å². The van der Waals surface area contributed by atoms with Crippen LogP contribution in [0.3, 0.4) is 0 Å². The summed E-state index contributed by atoms with van der Waals surface area (Å²) in [5, 5.41) is 17.9. The van der Waals surface area contributed by atoms with Crippen molar-refractivity contribution in [1.82, 2.24) is 0 Å². The van der Waals surface area contributed by atoms with Gasteiger partial charge in [0.25, 0.3) is 0 Å². The zero-order valence-corrected chi connectivity index (χ0v) is 14.4. The second-order valence-corrected chi connectivity index (χ2v) is 6.27. The number of carboxylic acids is 1. The van der Waals surface area contributed by atoms with Crippen molar-refractivity contribution in [2.45, 2.75) is 90.4 Å². The number of carbonyl (C=O) groups is 1. The first kappa shape index (κ1) is 21.2. The fraction of sp³-hybridized carbons (Fsp3) is 0.842. The molecule has 0 radical (unpaired) electrons. The van der Waals surface area contributed by atoms with Gasteiger partial charge in [-0.15, -0.1) is 0 Å². The van der Waals surface area contributed by atoms with Gasteiger partial charge in [-0.3, -0.25) is 4.79 Å². The summed E-state index contributed by atoms with van der Waals surface area (Å²) in [7, 11) is 0. The van der Waals surface area contributed by atoms with Gasteiger partial charge in [0.2, 0.25) is 0 Å². The highest BCUT2D eigenvalue weighted by Gasteiger charge is 2.02. The van der Waals surface area contributed by atoms with E-state index in [0.717, 1.165) is 38.5 Å². The molecule has 0 spiro atoms. The zero-order valence-electron chi connectivity index (χ0n) is 14.4. The van der Waals surface area contributed by atoms with Crippen molar-refractivity contribution in [2.75, 3.05) is 6.61 Å². The molecule has 0 aliphatic heterocycles. The summed E-state index contributed by atoms with van der Waals surface area (Å²) >= 11 is 0. The fourth-order valence-electron chi connectivity index (χ4n) is 2.62. The van der Waals surface area contributed by atoms with E-state index in [-0.39, 0.29) is 6.61 Å². The van der Waals surface area contributed by atoms with Crippen LogP contribution in [-0.2, 0) is 4.79 Å². The molecule has 0 fully saturated rings. The maximum Gasteiger partial charge on any atom is 0.303 e. The van der Waals surface area contributed by atoms with Crippen molar-refractivity contribution >= 4 is 5.97 Å². The standard InChI is InChI=1S/C19H36O3/c1-2-3-4-5-8-11-14-18(17-20)15-12-9-6-7-10-13-16-19(21)22/h12,15,18,20H,2-11,13-14,16-17H2,1H3,(H,21,22)/b15-12+/t18-/m0/s1. The number of aliphatic hydroxyl groups is 1. The Morgan fingerprint density at radius 2 is 1.59 bits per heavy atom. The third kappa shape index (κ3) is 15.6. The summed E-state index contributed by atoms with van der Waals surface area (Å²) in [6.45, 7) is 2.49. The van der Waals surface area contributed by atoms with Crippen molar-refractivity contribution in [3.8, 4) is 0 Å². The summed E-state index contributed by atoms with van der Waals surface area (Å²) in [5.41, 5.74) is 0. The molecular formula is C19H36O3. The van der Waals surface area contributed by atoms with E-state index in [1.165, 1.54) is 38.5 Å². The van der Waals surface area contributed by atoms with Crippen LogP contribution in [0, 0.1) is 5.92 Å². The summed E-state index contributed by atoms with van der Waals surface area (Å²) in [6.07, 6.45) is 18.6. The molecule has 0 saturated heterocycles. The number of unbranched alkanes of at least 4 members (excludes halogenated alkanes) is 9. The molecule has 0 amide bonds. The van der Waals surface area contributed by atoms with E-state index < -0.39 is 5.97 Å². The third-order valence-electron chi connectivity index (χ3n) is 4.08. The number of hydrogen-bond donors (Lipinski definition) is 2. The lowest BCUT2D eigenvalue weighted by Crippen LogP contribution is -2.02. The normalized spacial score (nSPS) is 12.8. The molecule has 0 bridgehead atoms. The van der Waals surface area contributed by atoms with Gasteiger partial charge in [-0.2, -0.15) is 0 Å². The van der Waals surface area contributed by atoms with Crippen molar-refractivity contribution in [3.63, 3.8) is 0 Å². The summed E-state index contributed by atoms with van der Waals surface area (Å²) in [4.78, 5) is 10.4. The quantitative estimate of drug-likeness (QED) is 0.299. The number of allylic oxidation sites excluding steroid dienone is 1. The molecule has 22 heavy (non-hydrogen) atoms. The van der Waals surface area contributed by atoms with E-state index in [1.54, 1.807) is 0 Å². The van der Waals surface area contributed by atoms with Gasteiger partial charge in [0, 0.05) is 13.0 Å². The average molecular weight is 312 g/mol. The van der Waals surface area contributed by atoms with Crippen LogP contribution >= 0.6 is 0 Å². The highest BCUT2D eigenvalue weighted by molar-refractivity contribution is 5.66. The molecule has 0 aromatic heterocycles. The van der Waals surface area contributed by atoms with Crippen LogP contribution in [0.2, 0.25) is 0 Å². The van der Waals surface area contributed by atoms with E-state index in [9.17, 15) is 9.90 Å². The topological polar surface area (TPSA) is 57.5 Å². The lowest BCUT2D eigenvalue weighted by molar-refractivity contribution is -0.137. The molecule has 1 atom stereocenters. The van der Waals surface area contributed by atoms with Crippen LogP contribution in [0.15, 0.2) is 12.2 Å². The van der Waals surface area contributed by atoms with Crippen LogP contribution < -0.4 is 0 Å². The van der Waals surface area contributed by atoms with Crippen LogP contribution in [0.1, 0.15) is 90.4 Å². The summed E-state index contributed by atoms with van der Waals surface area (Å²) in [5.74, 6) is -0.376. The van der Waals surface area contributed by atoms with Gasteiger partial charge in [-0.05, 0) is 31.6 Å². The molecular weight excluding hydrogens is 276 g/mol. The Kier molecular flexibility index (Phi) is 15.9. The monoisotopic (exact) mass is 312 g/mol. The number of rotatable bonds is 16. The summed E-state index contributed by atoms with van der Waals surface area (Å²) in [6, 6.07) is 0. The minimum atomic E-state index is -0.694. The largest absolute Gasteiger partial charge is 0.481 e. The van der Waals surface area contributed by atoms with Gasteiger partial charge in [0.15, 0.2) is 0 Å². The van der Waals surface area contributed by atoms with E-state index in [2.05, 4.69) is 19.1 Å². The summed E-state index contributed by atoms with van der Waals surface area (Å²) < 4.78 is 0. The Balaban J connectivity index is 3.47. The maximum absolute atomic E-state index is 10.4. The fourth-order valence-corrected chi connectivity index (χ4v) is 2.62. The number of carboxylic acid groups (broad SMARTS) is 1. The first-order chi connectivity index (χ1) is 10.7. The van der Waals surface area contributed by atoms with Crippen LogP contribution in [0.5, 0.6) is 0 Å². The Morgan fingerprint density at radius 3 is 2.27 bits per heavy atom. The van der Waals surface area contributed by atoms with Gasteiger partial charge < -0.3 is 10.2 Å². The van der Waals surface area contributed by atoms with Crippen molar-refractivity contribution < 1.29 is 15.0 Å². The van der Waals surface area contributed by atoms with Gasteiger partial charge >= 0.3 is 5.97 Å². The molecule has 0 rings (SSSR count). The Labute approximate surface area is 136 Å². The van der Waals surface area contributed by atoms with E-state index in [1.807, 2.05) is 0 Å². The van der Waals surface area contributed by atoms with E-state index in [0.29, 0.717) is 12.3 Å². The first-order valence-corrected chi connectivity index (χ1v) is 9.20. The zero-order chi connectivity index (χ0) is 16.5. The Hall–Kier alpha value is -0.830. The molecule has 0 aliphatic rings. The SMILES string of the molecule is CCCCCCCC[C@@H](/C=C/CCCCCCC(=O)O)CO. The van der Waals surface area contributed by atoms with Gasteiger partial charge in [-0.1, -0.05) is 70.4 Å². The molecule has 0 saturated carbocycles. The molecule has 130 valence electrons. The highest BCUT2D eigenvalue weighted by Crippen LogP contribution is 2.14. The molecule has 0 aromatic rings. The van der Waals surface area contributed by atoms with Crippen LogP contribution in [-0.4, -0.2) is 22.8 Å². The average Bonchev–Trinajstić information content (AvgIpc) is 2.50. The predicted molar refractivity (Wildman–Crippen MR) is 93.0 cm³/mol. The van der Waals surface area contributed by atoms with Gasteiger partial charge in [-0.25, -0.2) is 0 Å². The molecule has 0 heterocycles. The molecule has 0 unspecified atom stereocenters. The molecule has 0 aromatic carbocycles. The van der Waals surface area contributed by atoms with E-state index >= 15 is 0 Å². The van der Waals surface area contributed by atoms with Crippen LogP contribution in [0.4, 0.5) is 0 Å². The number of aliphatic hydroxyl groups excluding tert-OH is 1. The highest BCUT2D eigenvalue weighted by atomic mass is 16.4. The minimum Gasteiger partial charge on any atom is -0.481 e. The Bertz CT molecular complexity index is 274. The third-order valence-corrected chi connectivity index (χ3v) is 4.08. The number of aliphatic carboxylic acids is 1. The van der Waals surface area contributed by atoms with E-state index in [4.69, 9.17) is 5.11 Å². The molecule has 2 N–H and O–H groups in total. The lowest BCUT2D eigenvalue weighted by atomic mass is 9.99. The van der Waals surface area contributed by atoms with Crippen molar-refractivity contribution in [2.24, 2.45) is 5.92 Å². The molecule has 3 nitrogen and oxygen atoms in total. The smallest absolute Gasteiger partial charge is 0.303 e. The van der Waals surface area contributed by atoms with Gasteiger partial charge in [0.05, 0.1) is 0 Å². The first-order valence-electron chi connectivity index (χ1n) is 9.20. The molecule has 0 aliphatic carbocycles. The van der Waals surface area contributed by atoms with Crippen LogP contribution in [0.25, 0.3) is 0 Å². The second kappa shape index (κ2) is 16.5. The minimum absolute atomic E-state index is 0.254. The Morgan fingerprint density at radius 1 is 0.955 bits per heavy atom. The predicted octanol–water partition coefficient (Wildman–Crippen LogP) is 5.33. The second-order valence-electron chi connectivity index (χ2n) is 6.27. The lowest BCUT2D eigenvalue weighted by Gasteiger charge is -2.09. The molecule has 3 heteroatoms.